The molecule has 0 unspecified atom stereocenters. The van der Waals surface area contributed by atoms with Crippen molar-refractivity contribution in [1.82, 2.24) is 14.8 Å². The van der Waals surface area contributed by atoms with Crippen molar-refractivity contribution >= 4 is 11.9 Å². The van der Waals surface area contributed by atoms with E-state index in [9.17, 15) is 9.18 Å². The van der Waals surface area contributed by atoms with Crippen LogP contribution < -0.4 is 25.3 Å². The number of rotatable bonds is 6. The molecule has 1 aromatic heterocycles. The molecule has 32 heavy (non-hydrogen) atoms. The highest BCUT2D eigenvalue weighted by Crippen LogP contribution is 2.42. The lowest BCUT2D eigenvalue weighted by Crippen LogP contribution is -2.31. The fraction of sp³-hybridized carbons (Fsp3) is 0.227. The number of halogens is 1. The van der Waals surface area contributed by atoms with Crippen LogP contribution in [0.3, 0.4) is 0 Å². The normalized spacial score (nSPS) is 15.1. The number of anilines is 1. The van der Waals surface area contributed by atoms with Crippen LogP contribution in [0.2, 0.25) is 0 Å². The minimum absolute atomic E-state index is 0.311. The van der Waals surface area contributed by atoms with E-state index >= 15 is 0 Å². The van der Waals surface area contributed by atoms with Crippen LogP contribution >= 0.6 is 0 Å². The topological polar surface area (TPSA) is 114 Å². The molecule has 10 heteroatoms. The summed E-state index contributed by atoms with van der Waals surface area (Å²) in [5, 5.41) is 7.71. The Morgan fingerprint density at radius 1 is 1.09 bits per heavy atom. The minimum Gasteiger partial charge on any atom is -0.493 e. The summed E-state index contributed by atoms with van der Waals surface area (Å²) in [6.07, 6.45) is 0. The van der Waals surface area contributed by atoms with Crippen LogP contribution in [-0.4, -0.2) is 42.0 Å². The molecule has 0 radical (unpaired) electrons. The lowest BCUT2D eigenvalue weighted by Gasteiger charge is -2.27. The van der Waals surface area contributed by atoms with Gasteiger partial charge in [-0.1, -0.05) is 12.1 Å². The number of hydrogen-bond acceptors (Lipinski definition) is 7. The van der Waals surface area contributed by atoms with Crippen molar-refractivity contribution in [3.63, 3.8) is 0 Å². The van der Waals surface area contributed by atoms with Crippen molar-refractivity contribution in [2.24, 2.45) is 5.73 Å². The van der Waals surface area contributed by atoms with E-state index in [0.717, 1.165) is 0 Å². The number of carbonyl (C=O) groups is 1. The minimum atomic E-state index is -0.673. The summed E-state index contributed by atoms with van der Waals surface area (Å²) < 4.78 is 31.3. The van der Waals surface area contributed by atoms with Gasteiger partial charge in [0.05, 0.1) is 26.9 Å². The SMILES string of the molecule is COc1cc(-c2nc3n(n2)[C@@H](c2ccc(F)cc2)C(C(N)=O)=C(C)N3)cc(OC)c1OC. The van der Waals surface area contributed by atoms with Crippen LogP contribution in [0, 0.1) is 5.82 Å². The summed E-state index contributed by atoms with van der Waals surface area (Å²) in [6.45, 7) is 1.73. The van der Waals surface area contributed by atoms with E-state index < -0.39 is 11.9 Å². The predicted molar refractivity (Wildman–Crippen MR) is 115 cm³/mol. The molecule has 2 heterocycles. The lowest BCUT2D eigenvalue weighted by atomic mass is 9.95. The Bertz CT molecular complexity index is 1190. The van der Waals surface area contributed by atoms with E-state index in [2.05, 4.69) is 15.4 Å². The monoisotopic (exact) mass is 439 g/mol. The molecular weight excluding hydrogens is 417 g/mol. The average molecular weight is 439 g/mol. The third-order valence-corrected chi connectivity index (χ3v) is 5.23. The predicted octanol–water partition coefficient (Wildman–Crippen LogP) is 2.88. The van der Waals surface area contributed by atoms with E-state index in [1.54, 1.807) is 35.9 Å². The molecule has 1 amide bonds. The maximum Gasteiger partial charge on any atom is 0.248 e. The fourth-order valence-corrected chi connectivity index (χ4v) is 3.76. The van der Waals surface area contributed by atoms with Gasteiger partial charge in [-0.25, -0.2) is 9.07 Å². The van der Waals surface area contributed by atoms with Crippen LogP contribution in [0.4, 0.5) is 10.3 Å². The standard InChI is InChI=1S/C22H22FN5O4/c1-11-17(20(24)29)18(12-5-7-14(23)8-6-12)28-22(25-11)26-21(27-28)13-9-15(30-2)19(32-4)16(10-13)31-3/h5-10,18H,1-4H3,(H2,24,29)(H,25,26,27)/t18-/m0/s1. The zero-order valence-corrected chi connectivity index (χ0v) is 18.0. The lowest BCUT2D eigenvalue weighted by molar-refractivity contribution is -0.115. The number of allylic oxidation sites excluding steroid dienone is 1. The van der Waals surface area contributed by atoms with Crippen molar-refractivity contribution in [2.75, 3.05) is 26.6 Å². The van der Waals surface area contributed by atoms with Crippen molar-refractivity contribution in [3.05, 3.63) is 59.0 Å². The first-order valence-corrected chi connectivity index (χ1v) is 9.67. The Labute approximate surface area is 183 Å². The zero-order chi connectivity index (χ0) is 23.0. The number of fused-ring (bicyclic) bond motifs is 1. The van der Waals surface area contributed by atoms with Crippen LogP contribution in [0.5, 0.6) is 17.2 Å². The van der Waals surface area contributed by atoms with Gasteiger partial charge in [-0.2, -0.15) is 4.98 Å². The molecule has 0 spiro atoms. The molecular formula is C22H22FN5O4. The number of hydrogen-bond donors (Lipinski definition) is 2. The van der Waals surface area contributed by atoms with E-state index in [1.807, 2.05) is 0 Å². The van der Waals surface area contributed by atoms with Crippen molar-refractivity contribution in [1.29, 1.82) is 0 Å². The number of nitrogens with two attached hydrogens (primary N) is 1. The van der Waals surface area contributed by atoms with Crippen molar-refractivity contribution in [2.45, 2.75) is 13.0 Å². The second kappa shape index (κ2) is 8.22. The van der Waals surface area contributed by atoms with Gasteiger partial charge in [0.2, 0.25) is 17.6 Å². The zero-order valence-electron chi connectivity index (χ0n) is 18.0. The number of nitrogens with one attached hydrogen (secondary N) is 1. The maximum atomic E-state index is 13.5. The summed E-state index contributed by atoms with van der Waals surface area (Å²) >= 11 is 0. The van der Waals surface area contributed by atoms with Gasteiger partial charge in [0.25, 0.3) is 0 Å². The fourth-order valence-electron chi connectivity index (χ4n) is 3.76. The Hall–Kier alpha value is -4.08. The smallest absolute Gasteiger partial charge is 0.248 e. The summed E-state index contributed by atoms with van der Waals surface area (Å²) in [5.74, 6) is 1.11. The average Bonchev–Trinajstić information content (AvgIpc) is 3.21. The number of carbonyl (C=O) groups excluding carboxylic acids is 1. The van der Waals surface area contributed by atoms with Gasteiger partial charge in [0.1, 0.15) is 11.9 Å². The van der Waals surface area contributed by atoms with E-state index in [1.165, 1.54) is 33.5 Å². The summed E-state index contributed by atoms with van der Waals surface area (Å²) in [6, 6.07) is 8.60. The van der Waals surface area contributed by atoms with Crippen molar-refractivity contribution < 1.29 is 23.4 Å². The Balaban J connectivity index is 1.88. The number of amides is 1. The first kappa shape index (κ1) is 21.2. The van der Waals surface area contributed by atoms with Crippen LogP contribution in [0.1, 0.15) is 18.5 Å². The second-order valence-electron chi connectivity index (χ2n) is 7.10. The van der Waals surface area contributed by atoms with Crippen molar-refractivity contribution in [3.8, 4) is 28.6 Å². The summed E-state index contributed by atoms with van der Waals surface area (Å²) in [4.78, 5) is 16.9. The largest absolute Gasteiger partial charge is 0.493 e. The van der Waals surface area contributed by atoms with Gasteiger partial charge in [0, 0.05) is 11.3 Å². The van der Waals surface area contributed by atoms with Crippen LogP contribution in [0.25, 0.3) is 11.4 Å². The number of ether oxygens (including phenoxy) is 3. The molecule has 3 N–H and O–H groups in total. The molecule has 1 atom stereocenters. The molecule has 0 saturated heterocycles. The van der Waals surface area contributed by atoms with Gasteiger partial charge in [0.15, 0.2) is 17.3 Å². The second-order valence-corrected chi connectivity index (χ2v) is 7.10. The Morgan fingerprint density at radius 3 is 2.25 bits per heavy atom. The summed E-state index contributed by atoms with van der Waals surface area (Å²) in [7, 11) is 4.56. The van der Waals surface area contributed by atoms with Gasteiger partial charge < -0.3 is 25.3 Å². The van der Waals surface area contributed by atoms with E-state index in [-0.39, 0.29) is 5.82 Å². The van der Waals surface area contributed by atoms with Crippen LogP contribution in [-0.2, 0) is 4.79 Å². The summed E-state index contributed by atoms with van der Waals surface area (Å²) in [5.41, 5.74) is 7.79. The molecule has 0 fully saturated rings. The van der Waals surface area contributed by atoms with Gasteiger partial charge in [-0.05, 0) is 36.8 Å². The third-order valence-electron chi connectivity index (χ3n) is 5.23. The molecule has 0 aliphatic carbocycles. The molecule has 166 valence electrons. The highest BCUT2D eigenvalue weighted by Gasteiger charge is 2.33. The van der Waals surface area contributed by atoms with E-state index in [4.69, 9.17) is 19.9 Å². The molecule has 1 aliphatic rings. The Morgan fingerprint density at radius 2 is 1.72 bits per heavy atom. The van der Waals surface area contributed by atoms with Crippen LogP contribution in [0.15, 0.2) is 47.7 Å². The highest BCUT2D eigenvalue weighted by molar-refractivity contribution is 5.95. The van der Waals surface area contributed by atoms with Gasteiger partial charge in [-0.15, -0.1) is 5.10 Å². The Kier molecular flexibility index (Phi) is 5.43. The van der Waals surface area contributed by atoms with Gasteiger partial charge in [-0.3, -0.25) is 4.79 Å². The first-order valence-electron chi connectivity index (χ1n) is 9.67. The molecule has 0 bridgehead atoms. The molecule has 1 aliphatic heterocycles. The number of methoxy groups -OCH3 is 3. The number of nitrogens with zero attached hydrogens (tertiary/aromatic N) is 3. The molecule has 4 rings (SSSR count). The number of aromatic nitrogens is 3. The first-order chi connectivity index (χ1) is 15.4. The molecule has 3 aromatic rings. The van der Waals surface area contributed by atoms with E-state index in [0.29, 0.717) is 51.4 Å². The number of primary amides is 1. The quantitative estimate of drug-likeness (QED) is 0.607. The molecule has 2 aromatic carbocycles. The molecule has 9 nitrogen and oxygen atoms in total. The third kappa shape index (κ3) is 3.49. The van der Waals surface area contributed by atoms with Gasteiger partial charge >= 0.3 is 0 Å². The molecule has 0 saturated carbocycles. The highest BCUT2D eigenvalue weighted by atomic mass is 19.1. The maximum absolute atomic E-state index is 13.5. The number of benzene rings is 2.